The summed E-state index contributed by atoms with van der Waals surface area (Å²) in [5.74, 6) is 6.05. The fourth-order valence-corrected chi connectivity index (χ4v) is 2.90. The number of aryl methyl sites for hydroxylation is 1. The van der Waals surface area contributed by atoms with Crippen LogP contribution in [-0.4, -0.2) is 26.6 Å². The summed E-state index contributed by atoms with van der Waals surface area (Å²) in [6.07, 6.45) is 3.24. The SMILES string of the molecule is Cc1cccc(CS(=O)(=O)NCC#CCOc2cccnc2)c1. The van der Waals surface area contributed by atoms with Gasteiger partial charge in [0.2, 0.25) is 10.0 Å². The summed E-state index contributed by atoms with van der Waals surface area (Å²) in [4.78, 5) is 3.91. The van der Waals surface area contributed by atoms with Crippen molar-refractivity contribution in [2.45, 2.75) is 12.7 Å². The van der Waals surface area contributed by atoms with Gasteiger partial charge in [0.05, 0.1) is 18.5 Å². The molecule has 5 nitrogen and oxygen atoms in total. The molecule has 1 N–H and O–H groups in total. The van der Waals surface area contributed by atoms with Gasteiger partial charge in [0.25, 0.3) is 0 Å². The Morgan fingerprint density at radius 3 is 2.83 bits per heavy atom. The molecule has 0 atom stereocenters. The summed E-state index contributed by atoms with van der Waals surface area (Å²) in [6, 6.07) is 11.0. The molecule has 0 amide bonds. The van der Waals surface area contributed by atoms with E-state index >= 15 is 0 Å². The number of hydrogen-bond donors (Lipinski definition) is 1. The summed E-state index contributed by atoms with van der Waals surface area (Å²) < 4.78 is 31.7. The van der Waals surface area contributed by atoms with Crippen LogP contribution in [-0.2, 0) is 15.8 Å². The van der Waals surface area contributed by atoms with Crippen LogP contribution in [0.5, 0.6) is 5.75 Å². The summed E-state index contributed by atoms with van der Waals surface area (Å²) in [7, 11) is -3.39. The number of sulfonamides is 1. The molecule has 0 saturated heterocycles. The molecule has 2 aromatic rings. The van der Waals surface area contributed by atoms with E-state index in [0.29, 0.717) is 5.75 Å². The van der Waals surface area contributed by atoms with Crippen LogP contribution in [0.1, 0.15) is 11.1 Å². The van der Waals surface area contributed by atoms with Gasteiger partial charge in [0.1, 0.15) is 12.4 Å². The highest BCUT2D eigenvalue weighted by Gasteiger charge is 2.09. The molecule has 6 heteroatoms. The van der Waals surface area contributed by atoms with Crippen molar-refractivity contribution in [3.63, 3.8) is 0 Å². The smallest absolute Gasteiger partial charge is 0.216 e. The normalized spacial score (nSPS) is 10.7. The van der Waals surface area contributed by atoms with Gasteiger partial charge >= 0.3 is 0 Å². The van der Waals surface area contributed by atoms with Gasteiger partial charge in [-0.2, -0.15) is 0 Å². The molecule has 0 fully saturated rings. The van der Waals surface area contributed by atoms with Crippen molar-refractivity contribution in [3.8, 4) is 17.6 Å². The first kappa shape index (κ1) is 17.0. The highest BCUT2D eigenvalue weighted by Crippen LogP contribution is 2.07. The van der Waals surface area contributed by atoms with Crippen LogP contribution < -0.4 is 9.46 Å². The quantitative estimate of drug-likeness (QED) is 0.821. The van der Waals surface area contributed by atoms with E-state index in [9.17, 15) is 8.42 Å². The molecule has 120 valence electrons. The highest BCUT2D eigenvalue weighted by atomic mass is 32.2. The molecular formula is C17H18N2O3S. The second-order valence-electron chi connectivity index (χ2n) is 4.90. The van der Waals surface area contributed by atoms with Crippen LogP contribution in [0, 0.1) is 18.8 Å². The Bertz CT molecular complexity index is 793. The van der Waals surface area contributed by atoms with Gasteiger partial charge in [-0.25, -0.2) is 13.1 Å². The summed E-state index contributed by atoms with van der Waals surface area (Å²) in [6.45, 7) is 2.17. The molecular weight excluding hydrogens is 312 g/mol. The number of nitrogens with zero attached hydrogens (tertiary/aromatic N) is 1. The van der Waals surface area contributed by atoms with Gasteiger partial charge < -0.3 is 4.74 Å². The van der Waals surface area contributed by atoms with Crippen molar-refractivity contribution in [1.29, 1.82) is 0 Å². The molecule has 2 rings (SSSR count). The molecule has 0 radical (unpaired) electrons. The van der Waals surface area contributed by atoms with Crippen LogP contribution >= 0.6 is 0 Å². The molecule has 0 unspecified atom stereocenters. The Balaban J connectivity index is 1.76. The van der Waals surface area contributed by atoms with E-state index in [-0.39, 0.29) is 18.9 Å². The minimum atomic E-state index is -3.39. The van der Waals surface area contributed by atoms with Gasteiger partial charge in [-0.1, -0.05) is 41.7 Å². The zero-order valence-electron chi connectivity index (χ0n) is 12.8. The monoisotopic (exact) mass is 330 g/mol. The first-order valence-electron chi connectivity index (χ1n) is 7.06. The van der Waals surface area contributed by atoms with E-state index in [2.05, 4.69) is 21.5 Å². The molecule has 0 aliphatic heterocycles. The average Bonchev–Trinajstić information content (AvgIpc) is 2.51. The van der Waals surface area contributed by atoms with E-state index in [4.69, 9.17) is 4.74 Å². The molecule has 1 aromatic heterocycles. The summed E-state index contributed by atoms with van der Waals surface area (Å²) in [5.41, 5.74) is 1.79. The van der Waals surface area contributed by atoms with Gasteiger partial charge in [0, 0.05) is 6.20 Å². The van der Waals surface area contributed by atoms with Gasteiger partial charge in [-0.05, 0) is 24.6 Å². The first-order valence-corrected chi connectivity index (χ1v) is 8.72. The van der Waals surface area contributed by atoms with Crippen molar-refractivity contribution in [1.82, 2.24) is 9.71 Å². The van der Waals surface area contributed by atoms with Crippen LogP contribution in [0.4, 0.5) is 0 Å². The Kier molecular flexibility index (Phi) is 6.15. The van der Waals surface area contributed by atoms with Crippen molar-refractivity contribution in [2.75, 3.05) is 13.2 Å². The molecule has 1 heterocycles. The lowest BCUT2D eigenvalue weighted by atomic mass is 10.2. The van der Waals surface area contributed by atoms with Gasteiger partial charge in [-0.15, -0.1) is 0 Å². The highest BCUT2D eigenvalue weighted by molar-refractivity contribution is 7.88. The van der Waals surface area contributed by atoms with Crippen molar-refractivity contribution in [3.05, 3.63) is 59.9 Å². The fraction of sp³-hybridized carbons (Fsp3) is 0.235. The largest absolute Gasteiger partial charge is 0.479 e. The third-order valence-corrected chi connectivity index (χ3v) is 4.19. The fourth-order valence-electron chi connectivity index (χ4n) is 1.88. The number of aromatic nitrogens is 1. The Labute approximate surface area is 136 Å². The predicted octanol–water partition coefficient (Wildman–Crippen LogP) is 1.89. The summed E-state index contributed by atoms with van der Waals surface area (Å²) >= 11 is 0. The van der Waals surface area contributed by atoms with E-state index in [0.717, 1.165) is 11.1 Å². The lowest BCUT2D eigenvalue weighted by Gasteiger charge is -2.04. The third kappa shape index (κ3) is 6.51. The second kappa shape index (κ2) is 8.32. The molecule has 0 spiro atoms. The third-order valence-electron chi connectivity index (χ3n) is 2.89. The lowest BCUT2D eigenvalue weighted by Crippen LogP contribution is -2.25. The molecule has 23 heavy (non-hydrogen) atoms. The zero-order valence-corrected chi connectivity index (χ0v) is 13.6. The van der Waals surface area contributed by atoms with Crippen LogP contribution in [0.15, 0.2) is 48.8 Å². The molecule has 0 aliphatic carbocycles. The van der Waals surface area contributed by atoms with Crippen molar-refractivity contribution in [2.24, 2.45) is 0 Å². The van der Waals surface area contributed by atoms with E-state index < -0.39 is 10.0 Å². The Morgan fingerprint density at radius 2 is 2.09 bits per heavy atom. The minimum Gasteiger partial charge on any atom is -0.479 e. The molecule has 0 aliphatic rings. The maximum Gasteiger partial charge on any atom is 0.216 e. The minimum absolute atomic E-state index is 0.0530. The van der Waals surface area contributed by atoms with Crippen LogP contribution in [0.25, 0.3) is 0 Å². The van der Waals surface area contributed by atoms with Crippen molar-refractivity contribution >= 4 is 10.0 Å². The maximum absolute atomic E-state index is 11.9. The van der Waals surface area contributed by atoms with Gasteiger partial charge in [-0.3, -0.25) is 4.98 Å². The average molecular weight is 330 g/mol. The topological polar surface area (TPSA) is 68.3 Å². The van der Waals surface area contributed by atoms with Crippen LogP contribution in [0.3, 0.4) is 0 Å². The lowest BCUT2D eigenvalue weighted by molar-refractivity contribution is 0.368. The Morgan fingerprint density at radius 1 is 1.22 bits per heavy atom. The number of rotatable bonds is 6. The maximum atomic E-state index is 11.9. The number of nitrogens with one attached hydrogen (secondary N) is 1. The second-order valence-corrected chi connectivity index (χ2v) is 6.71. The zero-order chi connectivity index (χ0) is 16.5. The number of hydrogen-bond acceptors (Lipinski definition) is 4. The summed E-state index contributed by atoms with van der Waals surface area (Å²) in [5, 5.41) is 0. The van der Waals surface area contributed by atoms with E-state index in [1.165, 1.54) is 0 Å². The number of ether oxygens (including phenoxy) is 1. The van der Waals surface area contributed by atoms with Gasteiger partial charge in [0.15, 0.2) is 0 Å². The molecule has 0 bridgehead atoms. The van der Waals surface area contributed by atoms with Crippen molar-refractivity contribution < 1.29 is 13.2 Å². The number of pyridine rings is 1. The van der Waals surface area contributed by atoms with E-state index in [1.807, 2.05) is 25.1 Å². The van der Waals surface area contributed by atoms with E-state index in [1.54, 1.807) is 30.6 Å². The number of benzene rings is 1. The molecule has 0 saturated carbocycles. The molecule has 1 aromatic carbocycles. The first-order chi connectivity index (χ1) is 11.1. The standard InChI is InChI=1S/C17H18N2O3S/c1-15-6-4-7-16(12-15)14-23(20,21)19-10-2-3-11-22-17-8-5-9-18-13-17/h4-9,12-13,19H,10-11,14H2,1H3. The van der Waals surface area contributed by atoms with Crippen LogP contribution in [0.2, 0.25) is 0 Å². The Hall–Kier alpha value is -2.36. The predicted molar refractivity (Wildman–Crippen MR) is 89.3 cm³/mol.